The van der Waals surface area contributed by atoms with Gasteiger partial charge in [0, 0.05) is 31.9 Å². The summed E-state index contributed by atoms with van der Waals surface area (Å²) in [6, 6.07) is 10.2. The molecule has 0 unspecified atom stereocenters. The van der Waals surface area contributed by atoms with Crippen molar-refractivity contribution in [3.8, 4) is 0 Å². The van der Waals surface area contributed by atoms with Gasteiger partial charge in [-0.15, -0.1) is 0 Å². The number of para-hydroxylation sites is 1. The normalized spacial score (nSPS) is 11.1. The van der Waals surface area contributed by atoms with Crippen LogP contribution in [0.4, 0.5) is 25.1 Å². The van der Waals surface area contributed by atoms with Gasteiger partial charge in [-0.05, 0) is 30.2 Å². The van der Waals surface area contributed by atoms with Crippen LogP contribution in [-0.2, 0) is 29.0 Å². The molecule has 0 saturated carbocycles. The molecule has 11 nitrogen and oxygen atoms in total. The van der Waals surface area contributed by atoms with E-state index in [0.717, 1.165) is 16.6 Å². The van der Waals surface area contributed by atoms with E-state index in [1.165, 1.54) is 11.1 Å². The number of hydrogen-bond donors (Lipinski definition) is 3. The molecule has 190 valence electrons. The molecule has 0 saturated heterocycles. The highest BCUT2D eigenvalue weighted by Gasteiger charge is 2.39. The van der Waals surface area contributed by atoms with Gasteiger partial charge >= 0.3 is 17.9 Å². The monoisotopic (exact) mass is 501 g/mol. The number of carboxylic acid groups (broad SMARTS) is 1. The van der Waals surface area contributed by atoms with E-state index in [2.05, 4.69) is 25.7 Å². The number of carbonyl (C=O) groups excluding carboxylic acids is 2. The Hall–Kier alpha value is -4.42. The van der Waals surface area contributed by atoms with Crippen LogP contribution in [-0.4, -0.2) is 67.2 Å². The molecule has 0 aliphatic carbocycles. The highest BCUT2D eigenvalue weighted by Crippen LogP contribution is 2.16. The SMILES string of the molecule is Cc1ccccc1NC(=O)Nc1ccc(CC(=O)N(C)CCc2ncn(CC(F)(F)C(=O)O)n2)cn1. The average molecular weight is 501 g/mol. The number of aliphatic carboxylic acids is 1. The predicted molar refractivity (Wildman–Crippen MR) is 126 cm³/mol. The van der Waals surface area contributed by atoms with Crippen molar-refractivity contribution in [1.29, 1.82) is 0 Å². The molecule has 13 heteroatoms. The Kier molecular flexibility index (Phi) is 8.25. The maximum Gasteiger partial charge on any atom is 0.376 e. The second kappa shape index (κ2) is 11.3. The van der Waals surface area contributed by atoms with Crippen molar-refractivity contribution in [2.24, 2.45) is 0 Å². The first kappa shape index (κ1) is 26.2. The fourth-order valence-corrected chi connectivity index (χ4v) is 3.08. The molecule has 3 amide bonds. The third-order valence-corrected chi connectivity index (χ3v) is 5.17. The minimum atomic E-state index is -3.96. The molecule has 0 atom stereocenters. The van der Waals surface area contributed by atoms with Crippen LogP contribution in [0.5, 0.6) is 0 Å². The van der Waals surface area contributed by atoms with Crippen molar-refractivity contribution < 1.29 is 28.3 Å². The number of anilines is 2. The van der Waals surface area contributed by atoms with Crippen LogP contribution in [0.3, 0.4) is 0 Å². The van der Waals surface area contributed by atoms with Crippen LogP contribution in [0.1, 0.15) is 17.0 Å². The van der Waals surface area contributed by atoms with E-state index < -0.39 is 24.5 Å². The van der Waals surface area contributed by atoms with E-state index >= 15 is 0 Å². The molecule has 0 fully saturated rings. The fraction of sp³-hybridized carbons (Fsp3) is 0.304. The molecular formula is C23H25F2N7O4. The number of nitrogens with one attached hydrogen (secondary N) is 2. The summed E-state index contributed by atoms with van der Waals surface area (Å²) in [5.74, 6) is -5.89. The summed E-state index contributed by atoms with van der Waals surface area (Å²) in [5, 5.41) is 17.7. The van der Waals surface area contributed by atoms with Crippen LogP contribution >= 0.6 is 0 Å². The zero-order valence-corrected chi connectivity index (χ0v) is 19.6. The Morgan fingerprint density at radius 1 is 1.11 bits per heavy atom. The molecule has 0 aliphatic rings. The smallest absolute Gasteiger partial charge is 0.376 e. The topological polar surface area (TPSA) is 142 Å². The summed E-state index contributed by atoms with van der Waals surface area (Å²) in [5.41, 5.74) is 2.23. The fourth-order valence-electron chi connectivity index (χ4n) is 3.08. The first-order valence-corrected chi connectivity index (χ1v) is 10.9. The van der Waals surface area contributed by atoms with Gasteiger partial charge in [-0.3, -0.25) is 10.1 Å². The van der Waals surface area contributed by atoms with Gasteiger partial charge in [-0.25, -0.2) is 24.2 Å². The molecule has 0 aliphatic heterocycles. The lowest BCUT2D eigenvalue weighted by atomic mass is 10.2. The summed E-state index contributed by atoms with van der Waals surface area (Å²) in [6.07, 6.45) is 2.77. The lowest BCUT2D eigenvalue weighted by Crippen LogP contribution is -2.33. The molecule has 2 heterocycles. The standard InChI is InChI=1S/C23H25F2N7O4/c1-15-5-3-4-6-17(15)28-22(36)29-18-8-7-16(12-26-18)11-20(33)31(2)10-9-19-27-14-32(30-19)13-23(24,25)21(34)35/h3-8,12,14H,9-11,13H2,1-2H3,(H,34,35)(H2,26,28,29,36). The number of benzene rings is 1. The van der Waals surface area contributed by atoms with E-state index in [-0.39, 0.29) is 31.1 Å². The molecule has 1 aromatic carbocycles. The van der Waals surface area contributed by atoms with E-state index in [1.54, 1.807) is 25.2 Å². The third kappa shape index (κ3) is 7.29. The van der Waals surface area contributed by atoms with E-state index in [1.807, 2.05) is 25.1 Å². The van der Waals surface area contributed by atoms with Crippen molar-refractivity contribution in [2.45, 2.75) is 32.2 Å². The summed E-state index contributed by atoms with van der Waals surface area (Å²) >= 11 is 0. The average Bonchev–Trinajstić information content (AvgIpc) is 3.26. The highest BCUT2D eigenvalue weighted by atomic mass is 19.3. The van der Waals surface area contributed by atoms with E-state index in [4.69, 9.17) is 5.11 Å². The quantitative estimate of drug-likeness (QED) is 0.388. The lowest BCUT2D eigenvalue weighted by Gasteiger charge is -2.16. The zero-order valence-electron chi connectivity index (χ0n) is 19.6. The van der Waals surface area contributed by atoms with Crippen LogP contribution in [0.2, 0.25) is 0 Å². The van der Waals surface area contributed by atoms with Gasteiger partial charge in [0.25, 0.3) is 0 Å². The third-order valence-electron chi connectivity index (χ3n) is 5.17. The van der Waals surface area contributed by atoms with Crippen molar-refractivity contribution >= 4 is 29.4 Å². The first-order valence-electron chi connectivity index (χ1n) is 10.9. The molecule has 3 rings (SSSR count). The van der Waals surface area contributed by atoms with Gasteiger partial charge in [0.1, 0.15) is 18.7 Å². The number of aryl methyl sites for hydroxylation is 1. The molecule has 3 N–H and O–H groups in total. The van der Waals surface area contributed by atoms with Gasteiger partial charge in [0.15, 0.2) is 5.82 Å². The van der Waals surface area contributed by atoms with E-state index in [0.29, 0.717) is 17.1 Å². The largest absolute Gasteiger partial charge is 0.477 e. The summed E-state index contributed by atoms with van der Waals surface area (Å²) < 4.78 is 27.3. The number of rotatable bonds is 10. The number of halogens is 2. The molecular weight excluding hydrogens is 476 g/mol. The van der Waals surface area contributed by atoms with Crippen molar-refractivity contribution in [3.63, 3.8) is 0 Å². The first-order chi connectivity index (χ1) is 17.0. The van der Waals surface area contributed by atoms with Gasteiger partial charge in [0.05, 0.1) is 6.42 Å². The second-order valence-corrected chi connectivity index (χ2v) is 8.06. The Morgan fingerprint density at radius 2 is 1.86 bits per heavy atom. The Balaban J connectivity index is 1.46. The van der Waals surface area contributed by atoms with Crippen molar-refractivity contribution in [2.75, 3.05) is 24.2 Å². The molecule has 0 spiro atoms. The number of nitrogens with zero attached hydrogens (tertiary/aromatic N) is 5. The number of amides is 3. The molecule has 0 bridgehead atoms. The maximum absolute atomic E-state index is 13.3. The van der Waals surface area contributed by atoms with Crippen LogP contribution in [0.25, 0.3) is 0 Å². The number of pyridine rings is 1. The summed E-state index contributed by atoms with van der Waals surface area (Å²) in [4.78, 5) is 44.7. The molecule has 2 aromatic heterocycles. The second-order valence-electron chi connectivity index (χ2n) is 8.06. The minimum Gasteiger partial charge on any atom is -0.477 e. The molecule has 3 aromatic rings. The number of urea groups is 1. The van der Waals surface area contributed by atoms with Gasteiger partial charge < -0.3 is 15.3 Å². The molecule has 36 heavy (non-hydrogen) atoms. The van der Waals surface area contributed by atoms with Crippen molar-refractivity contribution in [1.82, 2.24) is 24.6 Å². The predicted octanol–water partition coefficient (Wildman–Crippen LogP) is 2.59. The molecule has 0 radical (unpaired) electrons. The number of likely N-dealkylation sites (N-methyl/N-ethyl adjacent to an activating group) is 1. The zero-order chi connectivity index (χ0) is 26.3. The minimum absolute atomic E-state index is 0.0614. The maximum atomic E-state index is 13.3. The summed E-state index contributed by atoms with van der Waals surface area (Å²) in [7, 11) is 1.58. The summed E-state index contributed by atoms with van der Waals surface area (Å²) in [6.45, 7) is 0.975. The van der Waals surface area contributed by atoms with Gasteiger partial charge in [0.2, 0.25) is 5.91 Å². The van der Waals surface area contributed by atoms with Crippen LogP contribution in [0.15, 0.2) is 48.9 Å². The number of alkyl halides is 2. The number of hydrogen-bond acceptors (Lipinski definition) is 6. The highest BCUT2D eigenvalue weighted by molar-refractivity contribution is 5.99. The number of carbonyl (C=O) groups is 3. The number of carboxylic acids is 1. The van der Waals surface area contributed by atoms with E-state index in [9.17, 15) is 23.2 Å². The Bertz CT molecular complexity index is 1230. The Labute approximate surface area is 205 Å². The van der Waals surface area contributed by atoms with Crippen LogP contribution < -0.4 is 10.6 Å². The van der Waals surface area contributed by atoms with Crippen LogP contribution in [0, 0.1) is 6.92 Å². The Morgan fingerprint density at radius 3 is 2.53 bits per heavy atom. The van der Waals surface area contributed by atoms with Gasteiger partial charge in [-0.1, -0.05) is 24.3 Å². The van der Waals surface area contributed by atoms with Gasteiger partial charge in [-0.2, -0.15) is 13.9 Å². The lowest BCUT2D eigenvalue weighted by molar-refractivity contribution is -0.167. The van der Waals surface area contributed by atoms with Crippen molar-refractivity contribution in [3.05, 3.63) is 65.9 Å². The number of aromatic nitrogens is 4.